The van der Waals surface area contributed by atoms with Gasteiger partial charge in [0.05, 0.1) is 12.1 Å². The molecule has 172 valence electrons. The molecule has 8 nitrogen and oxygen atoms in total. The fraction of sp³-hybridized carbons (Fsp3) is 0.417. The minimum atomic E-state index is -0.230. The smallest absolute Gasteiger partial charge is 0.315 e. The van der Waals surface area contributed by atoms with Gasteiger partial charge in [0.2, 0.25) is 0 Å². The van der Waals surface area contributed by atoms with Gasteiger partial charge >= 0.3 is 6.01 Å². The summed E-state index contributed by atoms with van der Waals surface area (Å²) >= 11 is 0. The molecule has 8 heteroatoms. The van der Waals surface area contributed by atoms with Gasteiger partial charge in [-0.25, -0.2) is 0 Å². The highest BCUT2D eigenvalue weighted by Gasteiger charge is 2.20. The average molecular weight is 440 g/mol. The van der Waals surface area contributed by atoms with Crippen LogP contribution in [-0.2, 0) is 13.1 Å². The van der Waals surface area contributed by atoms with E-state index >= 15 is 0 Å². The van der Waals surface area contributed by atoms with E-state index < -0.39 is 0 Å². The molecule has 32 heavy (non-hydrogen) atoms. The van der Waals surface area contributed by atoms with Crippen LogP contribution >= 0.6 is 0 Å². The van der Waals surface area contributed by atoms with Crippen LogP contribution < -0.4 is 0 Å². The highest BCUT2D eigenvalue weighted by atomic mass is 16.3. The van der Waals surface area contributed by atoms with E-state index in [1.54, 1.807) is 10.6 Å². The van der Waals surface area contributed by atoms with Crippen molar-refractivity contribution >= 4 is 0 Å². The highest BCUT2D eigenvalue weighted by Crippen LogP contribution is 2.38. The summed E-state index contributed by atoms with van der Waals surface area (Å²) < 4.78 is 1.55. The molecule has 1 heterocycles. The lowest BCUT2D eigenvalue weighted by Crippen LogP contribution is -2.28. The molecule has 0 fully saturated rings. The Kier molecular flexibility index (Phi) is 7.37. The molecular formula is C24H33N5O3. The second-order valence-corrected chi connectivity index (χ2v) is 8.85. The maximum absolute atomic E-state index is 10.4. The molecule has 0 radical (unpaired) electrons. The van der Waals surface area contributed by atoms with Crippen molar-refractivity contribution in [2.45, 2.75) is 32.9 Å². The second-order valence-electron chi connectivity index (χ2n) is 8.85. The SMILES string of the molecule is CC(C)c1cc(-c2nnc(O)n2Cc2ccc(CN(C)CCN(C)C)cc2)c(O)cc1O. The number of hydrogen-bond donors (Lipinski definition) is 3. The Morgan fingerprint density at radius 3 is 2.16 bits per heavy atom. The van der Waals surface area contributed by atoms with Crippen LogP contribution in [0.5, 0.6) is 17.5 Å². The van der Waals surface area contributed by atoms with E-state index in [-0.39, 0.29) is 23.4 Å². The van der Waals surface area contributed by atoms with E-state index in [1.807, 2.05) is 26.0 Å². The van der Waals surface area contributed by atoms with Crippen molar-refractivity contribution in [3.8, 4) is 28.9 Å². The predicted octanol–water partition coefficient (Wildman–Crippen LogP) is 3.23. The summed E-state index contributed by atoms with van der Waals surface area (Å²) in [7, 11) is 6.24. The zero-order valence-corrected chi connectivity index (χ0v) is 19.4. The summed E-state index contributed by atoms with van der Waals surface area (Å²) in [6.07, 6.45) is 0. The standard InChI is InChI=1S/C24H33N5O3/c1-16(2)19-12-20(22(31)13-21(19)30)23-25-26-24(32)29(23)15-18-8-6-17(7-9-18)14-28(5)11-10-27(3)4/h6-9,12-13,16,30-31H,10-11,14-15H2,1-5H3,(H,26,32). The maximum Gasteiger partial charge on any atom is 0.315 e. The largest absolute Gasteiger partial charge is 0.508 e. The fourth-order valence-electron chi connectivity index (χ4n) is 3.57. The summed E-state index contributed by atoms with van der Waals surface area (Å²) in [5, 5.41) is 38.7. The molecule has 3 aromatic rings. The molecule has 0 unspecified atom stereocenters. The van der Waals surface area contributed by atoms with Gasteiger partial charge < -0.3 is 25.1 Å². The molecule has 0 spiro atoms. The van der Waals surface area contributed by atoms with Gasteiger partial charge in [0, 0.05) is 25.7 Å². The lowest BCUT2D eigenvalue weighted by molar-refractivity contribution is 0.276. The van der Waals surface area contributed by atoms with Crippen LogP contribution in [0.3, 0.4) is 0 Å². The number of likely N-dealkylation sites (N-methyl/N-ethyl adjacent to an activating group) is 2. The van der Waals surface area contributed by atoms with Crippen molar-refractivity contribution < 1.29 is 15.3 Å². The van der Waals surface area contributed by atoms with Crippen LogP contribution in [-0.4, -0.2) is 74.1 Å². The number of aromatic hydroxyl groups is 3. The van der Waals surface area contributed by atoms with Crippen LogP contribution in [0.1, 0.15) is 36.5 Å². The molecule has 0 aliphatic rings. The van der Waals surface area contributed by atoms with Crippen molar-refractivity contribution in [1.82, 2.24) is 24.6 Å². The lowest BCUT2D eigenvalue weighted by atomic mass is 9.98. The Labute approximate surface area is 189 Å². The summed E-state index contributed by atoms with van der Waals surface area (Å²) in [5.41, 5.74) is 3.29. The molecule has 0 aliphatic carbocycles. The van der Waals surface area contributed by atoms with Gasteiger partial charge in [-0.3, -0.25) is 4.57 Å². The average Bonchev–Trinajstić information content (AvgIpc) is 3.08. The Balaban J connectivity index is 1.80. The van der Waals surface area contributed by atoms with Gasteiger partial charge in [-0.15, -0.1) is 5.10 Å². The minimum Gasteiger partial charge on any atom is -0.508 e. The number of hydrogen-bond acceptors (Lipinski definition) is 7. The number of benzene rings is 2. The third-order valence-electron chi connectivity index (χ3n) is 5.48. The van der Waals surface area contributed by atoms with Crippen LogP contribution in [0.2, 0.25) is 0 Å². The van der Waals surface area contributed by atoms with E-state index in [4.69, 9.17) is 0 Å². The molecule has 2 aromatic carbocycles. The number of phenolic OH excluding ortho intramolecular Hbond substituents is 2. The number of phenols is 2. The molecule has 0 amide bonds. The van der Waals surface area contributed by atoms with E-state index in [0.29, 0.717) is 23.5 Å². The van der Waals surface area contributed by atoms with Crippen molar-refractivity contribution in [2.75, 3.05) is 34.2 Å². The second kappa shape index (κ2) is 10.0. The Hall–Kier alpha value is -3.10. The number of aromatic nitrogens is 3. The van der Waals surface area contributed by atoms with E-state index in [1.165, 1.54) is 11.6 Å². The Morgan fingerprint density at radius 2 is 1.53 bits per heavy atom. The molecular weight excluding hydrogens is 406 g/mol. The fourth-order valence-corrected chi connectivity index (χ4v) is 3.57. The van der Waals surface area contributed by atoms with Gasteiger partial charge in [-0.2, -0.15) is 0 Å². The molecule has 0 bridgehead atoms. The van der Waals surface area contributed by atoms with Gasteiger partial charge in [0.25, 0.3) is 0 Å². The summed E-state index contributed by atoms with van der Waals surface area (Å²) in [6.45, 7) is 7.11. The van der Waals surface area contributed by atoms with Gasteiger partial charge in [0.15, 0.2) is 5.82 Å². The molecule has 0 aliphatic heterocycles. The van der Waals surface area contributed by atoms with Crippen molar-refractivity contribution in [3.05, 3.63) is 53.1 Å². The third kappa shape index (κ3) is 5.57. The van der Waals surface area contributed by atoms with E-state index in [0.717, 1.165) is 25.2 Å². The predicted molar refractivity (Wildman–Crippen MR) is 125 cm³/mol. The molecule has 1 aromatic heterocycles. The molecule has 3 N–H and O–H groups in total. The number of nitrogens with zero attached hydrogens (tertiary/aromatic N) is 5. The summed E-state index contributed by atoms with van der Waals surface area (Å²) in [4.78, 5) is 4.44. The lowest BCUT2D eigenvalue weighted by Gasteiger charge is -2.19. The van der Waals surface area contributed by atoms with E-state index in [2.05, 4.69) is 53.3 Å². The number of rotatable bonds is 9. The van der Waals surface area contributed by atoms with Crippen molar-refractivity contribution in [1.29, 1.82) is 0 Å². The third-order valence-corrected chi connectivity index (χ3v) is 5.48. The molecule has 0 saturated carbocycles. The molecule has 0 atom stereocenters. The molecule has 0 saturated heterocycles. The Morgan fingerprint density at radius 1 is 0.875 bits per heavy atom. The first kappa shape index (κ1) is 23.6. The van der Waals surface area contributed by atoms with Crippen molar-refractivity contribution in [2.24, 2.45) is 0 Å². The van der Waals surface area contributed by atoms with Crippen LogP contribution in [0.15, 0.2) is 36.4 Å². The first-order valence-electron chi connectivity index (χ1n) is 10.7. The normalized spacial score (nSPS) is 11.8. The van der Waals surface area contributed by atoms with Crippen LogP contribution in [0.4, 0.5) is 0 Å². The van der Waals surface area contributed by atoms with Gasteiger partial charge in [-0.1, -0.05) is 43.2 Å². The van der Waals surface area contributed by atoms with E-state index in [9.17, 15) is 15.3 Å². The zero-order chi connectivity index (χ0) is 23.4. The topological polar surface area (TPSA) is 97.9 Å². The maximum atomic E-state index is 10.4. The monoisotopic (exact) mass is 439 g/mol. The first-order valence-corrected chi connectivity index (χ1v) is 10.7. The van der Waals surface area contributed by atoms with Gasteiger partial charge in [0.1, 0.15) is 11.5 Å². The van der Waals surface area contributed by atoms with Crippen molar-refractivity contribution in [3.63, 3.8) is 0 Å². The minimum absolute atomic E-state index is 0.0303. The first-order chi connectivity index (χ1) is 15.2. The molecule has 3 rings (SSSR count). The highest BCUT2D eigenvalue weighted by molar-refractivity contribution is 5.68. The summed E-state index contributed by atoms with van der Waals surface area (Å²) in [5.74, 6) is 0.316. The van der Waals surface area contributed by atoms with Crippen LogP contribution in [0, 0.1) is 0 Å². The van der Waals surface area contributed by atoms with Gasteiger partial charge in [-0.05, 0) is 49.8 Å². The summed E-state index contributed by atoms with van der Waals surface area (Å²) in [6, 6.07) is 11.0. The Bertz CT molecular complexity index is 1040. The zero-order valence-electron chi connectivity index (χ0n) is 19.4. The van der Waals surface area contributed by atoms with Crippen LogP contribution in [0.25, 0.3) is 11.4 Å². The quantitative estimate of drug-likeness (QED) is 0.471.